The topological polar surface area (TPSA) is 70.9 Å². The van der Waals surface area contributed by atoms with Crippen LogP contribution in [0.25, 0.3) is 10.9 Å². The van der Waals surface area contributed by atoms with E-state index in [-0.39, 0.29) is 11.9 Å². The Morgan fingerprint density at radius 2 is 2.27 bits per heavy atom. The second kappa shape index (κ2) is 6.80. The number of amides is 1. The molecule has 2 aromatic heterocycles. The molecule has 1 amide bonds. The molecule has 1 aliphatic rings. The summed E-state index contributed by atoms with van der Waals surface area (Å²) in [6.07, 6.45) is 4.10. The molecular weight excluding hydrogens is 350 g/mol. The predicted molar refractivity (Wildman–Crippen MR) is 101 cm³/mol. The first kappa shape index (κ1) is 17.2. The molecule has 0 fully saturated rings. The van der Waals surface area contributed by atoms with Crippen LogP contribution in [0.4, 0.5) is 0 Å². The van der Waals surface area contributed by atoms with Crippen molar-refractivity contribution in [3.63, 3.8) is 0 Å². The van der Waals surface area contributed by atoms with Gasteiger partial charge in [-0.25, -0.2) is 0 Å². The van der Waals surface area contributed by atoms with Gasteiger partial charge < -0.3 is 14.8 Å². The Morgan fingerprint density at radius 3 is 3.04 bits per heavy atom. The lowest BCUT2D eigenvalue weighted by Gasteiger charge is -2.24. The van der Waals surface area contributed by atoms with E-state index in [9.17, 15) is 4.79 Å². The zero-order valence-corrected chi connectivity index (χ0v) is 15.7. The van der Waals surface area contributed by atoms with Gasteiger partial charge in [0, 0.05) is 33.6 Å². The lowest BCUT2D eigenvalue weighted by molar-refractivity contribution is -0.121. The average Bonchev–Trinajstić information content (AvgIpc) is 3.14. The van der Waals surface area contributed by atoms with Crippen molar-refractivity contribution in [3.05, 3.63) is 51.5 Å². The lowest BCUT2D eigenvalue weighted by Crippen LogP contribution is -2.31. The number of H-pyrrole nitrogens is 1. The minimum absolute atomic E-state index is 0.0297. The van der Waals surface area contributed by atoms with Crippen molar-refractivity contribution in [2.75, 3.05) is 0 Å². The third-order valence-electron chi connectivity index (χ3n) is 5.29. The third kappa shape index (κ3) is 3.12. The van der Waals surface area contributed by atoms with Crippen LogP contribution in [0, 0.1) is 13.8 Å². The van der Waals surface area contributed by atoms with Gasteiger partial charge >= 0.3 is 0 Å². The highest BCUT2D eigenvalue weighted by Gasteiger charge is 2.25. The van der Waals surface area contributed by atoms with Gasteiger partial charge in [0.1, 0.15) is 5.76 Å². The number of aromatic nitrogens is 2. The van der Waals surface area contributed by atoms with Gasteiger partial charge in [0.05, 0.1) is 11.7 Å². The number of halogens is 1. The van der Waals surface area contributed by atoms with E-state index in [1.54, 1.807) is 0 Å². The molecule has 0 bridgehead atoms. The van der Waals surface area contributed by atoms with E-state index in [0.717, 1.165) is 52.5 Å². The molecule has 1 aromatic carbocycles. The van der Waals surface area contributed by atoms with Crippen molar-refractivity contribution in [1.29, 1.82) is 0 Å². The van der Waals surface area contributed by atoms with E-state index in [1.807, 2.05) is 32.0 Å². The summed E-state index contributed by atoms with van der Waals surface area (Å²) in [4.78, 5) is 16.0. The summed E-state index contributed by atoms with van der Waals surface area (Å²) >= 11 is 6.16. The molecule has 1 atom stereocenters. The lowest BCUT2D eigenvalue weighted by atomic mass is 9.91. The van der Waals surface area contributed by atoms with Gasteiger partial charge in [0.15, 0.2) is 0 Å². The Kier molecular flexibility index (Phi) is 4.49. The van der Waals surface area contributed by atoms with Gasteiger partial charge in [0.25, 0.3) is 0 Å². The molecule has 5 nitrogen and oxygen atoms in total. The maximum Gasteiger partial charge on any atom is 0.220 e. The maximum atomic E-state index is 12.5. The number of hydrogen-bond donors (Lipinski definition) is 2. The molecule has 2 heterocycles. The summed E-state index contributed by atoms with van der Waals surface area (Å²) in [6.45, 7) is 3.79. The van der Waals surface area contributed by atoms with E-state index in [0.29, 0.717) is 12.8 Å². The van der Waals surface area contributed by atoms with Gasteiger partial charge in [0.2, 0.25) is 5.91 Å². The van der Waals surface area contributed by atoms with Gasteiger partial charge in [-0.3, -0.25) is 4.79 Å². The average molecular weight is 372 g/mol. The fraction of sp³-hybridized carbons (Fsp3) is 0.400. The number of benzene rings is 1. The second-order valence-corrected chi connectivity index (χ2v) is 7.46. The van der Waals surface area contributed by atoms with Gasteiger partial charge in [-0.2, -0.15) is 0 Å². The van der Waals surface area contributed by atoms with E-state index in [4.69, 9.17) is 16.1 Å². The summed E-state index contributed by atoms with van der Waals surface area (Å²) in [5.41, 5.74) is 5.38. The highest BCUT2D eigenvalue weighted by Crippen LogP contribution is 2.35. The summed E-state index contributed by atoms with van der Waals surface area (Å²) < 4.78 is 5.17. The molecule has 1 unspecified atom stereocenters. The third-order valence-corrected chi connectivity index (χ3v) is 5.52. The molecule has 136 valence electrons. The van der Waals surface area contributed by atoms with Crippen LogP contribution in [-0.2, 0) is 17.6 Å². The summed E-state index contributed by atoms with van der Waals surface area (Å²) in [5, 5.41) is 9.06. The van der Waals surface area contributed by atoms with Crippen molar-refractivity contribution in [1.82, 2.24) is 15.5 Å². The van der Waals surface area contributed by atoms with Gasteiger partial charge in [-0.15, -0.1) is 0 Å². The van der Waals surface area contributed by atoms with Crippen LogP contribution >= 0.6 is 11.6 Å². The first-order valence-corrected chi connectivity index (χ1v) is 9.42. The molecule has 0 aliphatic heterocycles. The number of aryl methyl sites for hydroxylation is 3. The summed E-state index contributed by atoms with van der Waals surface area (Å²) in [7, 11) is 0. The monoisotopic (exact) mass is 371 g/mol. The molecule has 3 aromatic rings. The SMILES string of the molecule is Cc1noc(C)c1CCC(=O)NC1CCCc2c1[nH]c1ccc(Cl)cc21. The summed E-state index contributed by atoms with van der Waals surface area (Å²) in [5.74, 6) is 0.849. The molecule has 4 rings (SSSR count). The van der Waals surface area contributed by atoms with Crippen LogP contribution < -0.4 is 5.32 Å². The fourth-order valence-electron chi connectivity index (χ4n) is 3.94. The number of rotatable bonds is 4. The maximum absolute atomic E-state index is 12.5. The van der Waals surface area contributed by atoms with Crippen molar-refractivity contribution >= 4 is 28.4 Å². The number of nitrogens with zero attached hydrogens (tertiary/aromatic N) is 1. The second-order valence-electron chi connectivity index (χ2n) is 7.02. The molecule has 2 N–H and O–H groups in total. The molecule has 0 saturated carbocycles. The number of carbonyl (C=O) groups is 1. The smallest absolute Gasteiger partial charge is 0.220 e. The highest BCUT2D eigenvalue weighted by molar-refractivity contribution is 6.31. The Balaban J connectivity index is 1.49. The number of aromatic amines is 1. The van der Waals surface area contributed by atoms with Crippen LogP contribution in [0.5, 0.6) is 0 Å². The Bertz CT molecular complexity index is 954. The van der Waals surface area contributed by atoms with Gasteiger partial charge in [-0.05, 0) is 63.3 Å². The van der Waals surface area contributed by atoms with Crippen LogP contribution in [0.3, 0.4) is 0 Å². The van der Waals surface area contributed by atoms with E-state index in [1.165, 1.54) is 10.9 Å². The van der Waals surface area contributed by atoms with E-state index in [2.05, 4.69) is 15.5 Å². The normalized spacial score (nSPS) is 16.7. The minimum Gasteiger partial charge on any atom is -0.361 e. The number of carbonyl (C=O) groups excluding carboxylic acids is 1. The minimum atomic E-state index is 0.0297. The van der Waals surface area contributed by atoms with E-state index < -0.39 is 0 Å². The van der Waals surface area contributed by atoms with Crippen LogP contribution in [0.15, 0.2) is 22.7 Å². The Labute approximate surface area is 157 Å². The van der Waals surface area contributed by atoms with Crippen LogP contribution in [0.2, 0.25) is 5.02 Å². The summed E-state index contributed by atoms with van der Waals surface area (Å²) in [6, 6.07) is 5.94. The molecule has 0 spiro atoms. The van der Waals surface area contributed by atoms with Crippen molar-refractivity contribution < 1.29 is 9.32 Å². The highest BCUT2D eigenvalue weighted by atomic mass is 35.5. The molecule has 1 aliphatic carbocycles. The number of hydrogen-bond acceptors (Lipinski definition) is 3. The van der Waals surface area contributed by atoms with Crippen LogP contribution in [-0.4, -0.2) is 16.0 Å². The first-order valence-electron chi connectivity index (χ1n) is 9.04. The standard InChI is InChI=1S/C20H22ClN3O2/c1-11-14(12(2)26-24-11)7-9-19(25)22-18-5-3-4-15-16-10-13(21)6-8-17(16)23-20(15)18/h6,8,10,18,23H,3-5,7,9H2,1-2H3,(H,22,25). The van der Waals surface area contributed by atoms with E-state index >= 15 is 0 Å². The molecular formula is C20H22ClN3O2. The van der Waals surface area contributed by atoms with Crippen LogP contribution in [0.1, 0.15) is 53.6 Å². The predicted octanol–water partition coefficient (Wildman–Crippen LogP) is 4.55. The fourth-order valence-corrected chi connectivity index (χ4v) is 4.12. The number of fused-ring (bicyclic) bond motifs is 3. The van der Waals surface area contributed by atoms with Gasteiger partial charge in [-0.1, -0.05) is 16.8 Å². The number of nitrogens with one attached hydrogen (secondary N) is 2. The molecule has 0 saturated heterocycles. The zero-order chi connectivity index (χ0) is 18.3. The zero-order valence-electron chi connectivity index (χ0n) is 15.0. The molecule has 26 heavy (non-hydrogen) atoms. The first-order chi connectivity index (χ1) is 12.5. The Morgan fingerprint density at radius 1 is 1.42 bits per heavy atom. The molecule has 0 radical (unpaired) electrons. The van der Waals surface area contributed by atoms with Crippen molar-refractivity contribution in [2.45, 2.75) is 52.0 Å². The van der Waals surface area contributed by atoms with Crippen molar-refractivity contribution in [2.24, 2.45) is 0 Å². The quantitative estimate of drug-likeness (QED) is 0.706. The molecule has 6 heteroatoms. The van der Waals surface area contributed by atoms with Crippen molar-refractivity contribution in [3.8, 4) is 0 Å². The largest absolute Gasteiger partial charge is 0.361 e. The Hall–Kier alpha value is -2.27.